The summed E-state index contributed by atoms with van der Waals surface area (Å²) < 4.78 is 45.2. The van der Waals surface area contributed by atoms with Crippen molar-refractivity contribution in [2.45, 2.75) is 59.9 Å². The molecule has 2 bridgehead atoms. The second kappa shape index (κ2) is 5.35. The summed E-state index contributed by atoms with van der Waals surface area (Å²) in [5.41, 5.74) is -2.42. The van der Waals surface area contributed by atoms with Crippen LogP contribution in [0.3, 0.4) is 0 Å². The summed E-state index contributed by atoms with van der Waals surface area (Å²) >= 11 is 0. The number of urea groups is 1. The number of hydrogen-bond donors (Lipinski definition) is 3. The molecular weight excluding hydrogens is 415 g/mol. The van der Waals surface area contributed by atoms with Crippen LogP contribution >= 0.6 is 0 Å². The van der Waals surface area contributed by atoms with E-state index in [-0.39, 0.29) is 25.8 Å². The molecule has 166 valence electrons. The van der Waals surface area contributed by atoms with Crippen LogP contribution in [0.15, 0.2) is 18.2 Å². The zero-order valence-corrected chi connectivity index (χ0v) is 16.8. The lowest BCUT2D eigenvalue weighted by molar-refractivity contribution is -0.206. The van der Waals surface area contributed by atoms with E-state index in [1.54, 1.807) is 6.07 Å². The molecule has 2 saturated heterocycles. The fraction of sp³-hybridized carbons (Fsp3) is 0.619. The highest BCUT2D eigenvalue weighted by molar-refractivity contribution is 6.07. The molecular formula is C21H22F3N3O4. The van der Waals surface area contributed by atoms with Crippen molar-refractivity contribution in [3.8, 4) is 5.75 Å². The number of rotatable bonds is 2. The van der Waals surface area contributed by atoms with E-state index >= 15 is 0 Å². The summed E-state index contributed by atoms with van der Waals surface area (Å²) in [7, 11) is 1.53. The molecule has 10 heteroatoms. The largest absolute Gasteiger partial charge is 0.497 e. The molecule has 5 atom stereocenters. The molecule has 6 rings (SSSR count). The Morgan fingerprint density at radius 1 is 1.23 bits per heavy atom. The van der Waals surface area contributed by atoms with Crippen LogP contribution in [0, 0.1) is 0 Å². The maximum absolute atomic E-state index is 13.3. The average molecular weight is 437 g/mol. The molecule has 1 unspecified atom stereocenters. The number of nitrogens with one attached hydrogen (secondary N) is 2. The Morgan fingerprint density at radius 3 is 2.65 bits per heavy atom. The van der Waals surface area contributed by atoms with Gasteiger partial charge in [-0.25, -0.2) is 4.79 Å². The lowest BCUT2D eigenvalue weighted by Crippen LogP contribution is -2.77. The minimum Gasteiger partial charge on any atom is -0.497 e. The van der Waals surface area contributed by atoms with Gasteiger partial charge in [0.1, 0.15) is 11.3 Å². The van der Waals surface area contributed by atoms with Gasteiger partial charge in [-0.05, 0) is 48.9 Å². The molecule has 7 nitrogen and oxygen atoms in total. The molecule has 0 aromatic heterocycles. The molecule has 0 radical (unpaired) electrons. The summed E-state index contributed by atoms with van der Waals surface area (Å²) in [5.74, 6) is 0.146. The quantitative estimate of drug-likeness (QED) is 0.608. The molecule has 4 fully saturated rings. The van der Waals surface area contributed by atoms with Crippen LogP contribution < -0.4 is 15.4 Å². The van der Waals surface area contributed by atoms with Gasteiger partial charge in [0, 0.05) is 17.4 Å². The minimum atomic E-state index is -4.37. The lowest BCUT2D eigenvalue weighted by Gasteiger charge is -2.63. The van der Waals surface area contributed by atoms with Crippen LogP contribution in [0.4, 0.5) is 18.0 Å². The predicted molar refractivity (Wildman–Crippen MR) is 101 cm³/mol. The molecule has 3 N–H and O–H groups in total. The van der Waals surface area contributed by atoms with Crippen molar-refractivity contribution in [2.24, 2.45) is 0 Å². The number of ether oxygens (including phenoxy) is 1. The van der Waals surface area contributed by atoms with Gasteiger partial charge in [-0.15, -0.1) is 0 Å². The van der Waals surface area contributed by atoms with Gasteiger partial charge in [0.2, 0.25) is 0 Å². The highest BCUT2D eigenvalue weighted by atomic mass is 19.4. The minimum absolute atomic E-state index is 0.123. The molecule has 5 aliphatic rings. The number of fused-ring (bicyclic) bond motifs is 2. The fourth-order valence-corrected chi connectivity index (χ4v) is 7.68. The molecule has 3 amide bonds. The van der Waals surface area contributed by atoms with Gasteiger partial charge < -0.3 is 15.2 Å². The topological polar surface area (TPSA) is 90.9 Å². The van der Waals surface area contributed by atoms with Crippen molar-refractivity contribution in [1.29, 1.82) is 0 Å². The van der Waals surface area contributed by atoms with Gasteiger partial charge in [0.25, 0.3) is 5.91 Å². The number of nitrogens with zero attached hydrogens (tertiary/aromatic N) is 1. The Balaban J connectivity index is 1.52. The molecule has 2 heterocycles. The third-order valence-corrected chi connectivity index (χ3v) is 8.48. The second-order valence-electron chi connectivity index (χ2n) is 9.84. The Bertz CT molecular complexity index is 1050. The van der Waals surface area contributed by atoms with E-state index in [2.05, 4.69) is 10.6 Å². The van der Waals surface area contributed by atoms with Crippen LogP contribution in [-0.2, 0) is 15.6 Å². The Morgan fingerprint density at radius 2 is 2.00 bits per heavy atom. The summed E-state index contributed by atoms with van der Waals surface area (Å²) in [6, 6.07) is 4.25. The van der Waals surface area contributed by atoms with Crippen molar-refractivity contribution >= 4 is 11.9 Å². The van der Waals surface area contributed by atoms with Gasteiger partial charge >= 0.3 is 12.2 Å². The third-order valence-electron chi connectivity index (χ3n) is 8.48. The van der Waals surface area contributed by atoms with E-state index in [4.69, 9.17) is 4.74 Å². The van der Waals surface area contributed by atoms with Crippen molar-refractivity contribution in [2.75, 3.05) is 20.2 Å². The smallest absolute Gasteiger partial charge is 0.401 e. The average Bonchev–Trinajstić information content (AvgIpc) is 3.17. The highest BCUT2D eigenvalue weighted by Crippen LogP contribution is 2.75. The first-order valence-electron chi connectivity index (χ1n) is 10.3. The number of aliphatic hydroxyl groups is 1. The number of halogens is 3. The Hall–Kier alpha value is -2.33. The number of methoxy groups -OCH3 is 1. The van der Waals surface area contributed by atoms with Gasteiger partial charge in [-0.2, -0.15) is 13.2 Å². The number of amides is 3. The molecule has 1 aromatic rings. The van der Waals surface area contributed by atoms with E-state index in [1.807, 2.05) is 12.1 Å². The van der Waals surface area contributed by atoms with E-state index < -0.39 is 52.7 Å². The fourth-order valence-electron chi connectivity index (χ4n) is 7.68. The van der Waals surface area contributed by atoms with E-state index in [1.165, 1.54) is 12.0 Å². The van der Waals surface area contributed by atoms with Crippen molar-refractivity contribution in [3.05, 3.63) is 29.3 Å². The number of hydrogen-bond acceptors (Lipinski definition) is 5. The van der Waals surface area contributed by atoms with Crippen LogP contribution in [-0.4, -0.2) is 65.5 Å². The number of carbonyl (C=O) groups is 2. The zero-order chi connectivity index (χ0) is 22.0. The normalized spacial score (nSPS) is 42.5. The highest BCUT2D eigenvalue weighted by Gasteiger charge is 2.83. The zero-order valence-electron chi connectivity index (χ0n) is 16.8. The number of benzene rings is 1. The predicted octanol–water partition coefficient (Wildman–Crippen LogP) is 1.33. The Kier molecular flexibility index (Phi) is 3.34. The number of carbonyl (C=O) groups excluding carboxylic acids is 2. The van der Waals surface area contributed by atoms with Crippen molar-refractivity contribution in [3.63, 3.8) is 0 Å². The molecule has 3 aliphatic carbocycles. The number of imide groups is 1. The summed E-state index contributed by atoms with van der Waals surface area (Å²) in [6.45, 7) is -0.877. The first-order chi connectivity index (χ1) is 14.5. The van der Waals surface area contributed by atoms with E-state index in [0.717, 1.165) is 11.1 Å². The first-order valence-corrected chi connectivity index (χ1v) is 10.3. The third kappa shape index (κ3) is 2.08. The monoisotopic (exact) mass is 437 g/mol. The molecule has 31 heavy (non-hydrogen) atoms. The van der Waals surface area contributed by atoms with Crippen molar-refractivity contribution in [1.82, 2.24) is 15.5 Å². The molecule has 2 aliphatic heterocycles. The molecule has 1 aromatic carbocycles. The van der Waals surface area contributed by atoms with Crippen LogP contribution in [0.2, 0.25) is 0 Å². The van der Waals surface area contributed by atoms with Gasteiger partial charge in [0.15, 0.2) is 0 Å². The summed E-state index contributed by atoms with van der Waals surface area (Å²) in [6.07, 6.45) is -3.48. The summed E-state index contributed by atoms with van der Waals surface area (Å²) in [5, 5.41) is 17.1. The molecule has 3 spiro atoms. The second-order valence-corrected chi connectivity index (χ2v) is 9.84. The van der Waals surface area contributed by atoms with Gasteiger partial charge in [-0.3, -0.25) is 15.0 Å². The molecule has 2 saturated carbocycles. The maximum atomic E-state index is 13.3. The SMILES string of the molecule is COc1ccc2c(c1)[C@]13CC24CN(CC(F)(F)F)[C@H]4[C@]1(O)CC[C@@]1(C3)NC(=O)NC1=O. The number of alkyl halides is 3. The standard InChI is InChI=1S/C21H22F3N3O4/c1-31-11-2-3-12-13(6-11)18-7-17(12)9-27(10-21(22,23)24)14(17)20(18,30)5-4-19(8-18)15(28)25-16(29)26-19/h2-3,6,14,30H,4-5,7-10H2,1H3,(H2,25,26,28,29)/t14-,17?,18-,19+,20-/m1/s1. The van der Waals surface area contributed by atoms with E-state index in [9.17, 15) is 27.9 Å². The van der Waals surface area contributed by atoms with E-state index in [0.29, 0.717) is 12.2 Å². The van der Waals surface area contributed by atoms with Crippen molar-refractivity contribution < 1.29 is 32.6 Å². The van der Waals surface area contributed by atoms with Crippen LogP contribution in [0.25, 0.3) is 0 Å². The Labute approximate surface area is 175 Å². The maximum Gasteiger partial charge on any atom is 0.401 e. The summed E-state index contributed by atoms with van der Waals surface area (Å²) in [4.78, 5) is 26.0. The van der Waals surface area contributed by atoms with Gasteiger partial charge in [0.05, 0.1) is 25.3 Å². The van der Waals surface area contributed by atoms with Gasteiger partial charge in [-0.1, -0.05) is 6.07 Å². The lowest BCUT2D eigenvalue weighted by atomic mass is 9.52. The number of likely N-dealkylation sites (tertiary alicyclic amines) is 1. The van der Waals surface area contributed by atoms with Crippen LogP contribution in [0.1, 0.15) is 36.8 Å². The first kappa shape index (κ1) is 19.4. The van der Waals surface area contributed by atoms with Crippen LogP contribution in [0.5, 0.6) is 5.75 Å².